The Labute approximate surface area is 128 Å². The van der Waals surface area contributed by atoms with Gasteiger partial charge in [0.15, 0.2) is 0 Å². The molecule has 122 valence electrons. The Morgan fingerprint density at radius 2 is 1.71 bits per heavy atom. The summed E-state index contributed by atoms with van der Waals surface area (Å²) in [5, 5.41) is 26.9. The van der Waals surface area contributed by atoms with Gasteiger partial charge >= 0.3 is 5.97 Å². The van der Waals surface area contributed by atoms with Gasteiger partial charge in [0.2, 0.25) is 0 Å². The van der Waals surface area contributed by atoms with Gasteiger partial charge in [-0.25, -0.2) is 4.79 Å². The van der Waals surface area contributed by atoms with Crippen LogP contribution in [0.3, 0.4) is 0 Å². The number of aliphatic hydroxyl groups excluding tert-OH is 2. The van der Waals surface area contributed by atoms with E-state index in [1.165, 1.54) is 11.6 Å². The highest BCUT2D eigenvalue weighted by atomic mass is 16.4. The number of carboxylic acid groups (broad SMARTS) is 1. The summed E-state index contributed by atoms with van der Waals surface area (Å²) in [4.78, 5) is 10.5. The number of hydrogen-bond donors (Lipinski definition) is 3. The molecule has 0 aliphatic carbocycles. The van der Waals surface area contributed by atoms with E-state index in [4.69, 9.17) is 10.2 Å². The highest BCUT2D eigenvalue weighted by molar-refractivity contribution is 5.81. The molecule has 0 amide bonds. The van der Waals surface area contributed by atoms with Crippen LogP contribution in [0.1, 0.15) is 59.3 Å². The molecule has 0 spiro atoms. The molecule has 2 atom stereocenters. The van der Waals surface area contributed by atoms with Crippen LogP contribution < -0.4 is 0 Å². The van der Waals surface area contributed by atoms with Gasteiger partial charge in [-0.2, -0.15) is 0 Å². The molecule has 0 fully saturated rings. The Bertz CT molecular complexity index is 358. The van der Waals surface area contributed by atoms with Crippen molar-refractivity contribution < 1.29 is 20.1 Å². The second-order valence-electron chi connectivity index (χ2n) is 5.98. The topological polar surface area (TPSA) is 77.8 Å². The molecule has 0 saturated carbocycles. The SMILES string of the molecule is CC(=CC(=O)O)C=C(C)CC(C)CCCCC(O)CCO. The van der Waals surface area contributed by atoms with Crippen molar-refractivity contribution in [1.82, 2.24) is 0 Å². The lowest BCUT2D eigenvalue weighted by Gasteiger charge is -2.13. The van der Waals surface area contributed by atoms with Gasteiger partial charge in [-0.15, -0.1) is 0 Å². The van der Waals surface area contributed by atoms with E-state index in [2.05, 4.69) is 6.92 Å². The van der Waals surface area contributed by atoms with Gasteiger partial charge in [-0.3, -0.25) is 0 Å². The van der Waals surface area contributed by atoms with Crippen molar-refractivity contribution in [2.24, 2.45) is 5.92 Å². The fraction of sp³-hybridized carbons (Fsp3) is 0.706. The molecule has 0 aromatic heterocycles. The van der Waals surface area contributed by atoms with Crippen molar-refractivity contribution in [2.75, 3.05) is 6.61 Å². The van der Waals surface area contributed by atoms with E-state index in [1.54, 1.807) is 6.92 Å². The van der Waals surface area contributed by atoms with Gasteiger partial charge in [0, 0.05) is 12.7 Å². The normalized spacial score (nSPS) is 15.9. The van der Waals surface area contributed by atoms with Crippen LogP contribution in [-0.2, 0) is 4.79 Å². The Balaban J connectivity index is 3.95. The Morgan fingerprint density at radius 3 is 2.29 bits per heavy atom. The molecule has 2 unspecified atom stereocenters. The first kappa shape index (κ1) is 19.9. The first-order valence-corrected chi connectivity index (χ1v) is 7.72. The summed E-state index contributed by atoms with van der Waals surface area (Å²) in [6.07, 6.45) is 8.09. The number of rotatable bonds is 11. The maximum atomic E-state index is 10.5. The molecular weight excluding hydrogens is 268 g/mol. The molecule has 0 aliphatic rings. The third-order valence-corrected chi connectivity index (χ3v) is 3.44. The first-order chi connectivity index (χ1) is 9.85. The van der Waals surface area contributed by atoms with Crippen LogP contribution in [0.25, 0.3) is 0 Å². The molecule has 0 heterocycles. The molecule has 0 bridgehead atoms. The molecular formula is C17H30O4. The van der Waals surface area contributed by atoms with Gasteiger partial charge < -0.3 is 15.3 Å². The predicted octanol–water partition coefficient (Wildman–Crippen LogP) is 3.29. The van der Waals surface area contributed by atoms with Crippen molar-refractivity contribution >= 4 is 5.97 Å². The molecule has 0 aliphatic heterocycles. The Morgan fingerprint density at radius 1 is 1.10 bits per heavy atom. The molecule has 0 aromatic carbocycles. The lowest BCUT2D eigenvalue weighted by atomic mass is 9.94. The van der Waals surface area contributed by atoms with E-state index in [-0.39, 0.29) is 12.7 Å². The molecule has 4 nitrogen and oxygen atoms in total. The first-order valence-electron chi connectivity index (χ1n) is 7.72. The van der Waals surface area contributed by atoms with E-state index < -0.39 is 5.97 Å². The van der Waals surface area contributed by atoms with Gasteiger partial charge in [0.1, 0.15) is 0 Å². The molecule has 3 N–H and O–H groups in total. The van der Waals surface area contributed by atoms with Gasteiger partial charge in [-0.05, 0) is 44.6 Å². The molecule has 0 rings (SSSR count). The number of hydrogen-bond acceptors (Lipinski definition) is 3. The Kier molecular flexibility index (Phi) is 10.9. The van der Waals surface area contributed by atoms with E-state index >= 15 is 0 Å². The summed E-state index contributed by atoms with van der Waals surface area (Å²) < 4.78 is 0. The van der Waals surface area contributed by atoms with Crippen LogP contribution in [0.4, 0.5) is 0 Å². The molecule has 0 aromatic rings. The highest BCUT2D eigenvalue weighted by Crippen LogP contribution is 2.19. The number of carboxylic acids is 1. The average Bonchev–Trinajstić information content (AvgIpc) is 2.33. The van der Waals surface area contributed by atoms with Crippen molar-refractivity contribution in [1.29, 1.82) is 0 Å². The standard InChI is InChI=1S/C17H30O4/c1-13(6-4-5-7-16(19)8-9-18)10-14(2)11-15(3)12-17(20)21/h11-13,16,18-19H,4-10H2,1-3H3,(H,20,21). The summed E-state index contributed by atoms with van der Waals surface area (Å²) in [7, 11) is 0. The fourth-order valence-electron chi connectivity index (χ4n) is 2.50. The fourth-order valence-corrected chi connectivity index (χ4v) is 2.50. The average molecular weight is 298 g/mol. The summed E-state index contributed by atoms with van der Waals surface area (Å²) in [5.41, 5.74) is 1.96. The number of unbranched alkanes of at least 4 members (excludes halogenated alkanes) is 1. The second-order valence-corrected chi connectivity index (χ2v) is 5.98. The lowest BCUT2D eigenvalue weighted by Crippen LogP contribution is -2.08. The minimum atomic E-state index is -0.911. The third kappa shape index (κ3) is 12.3. The number of aliphatic carboxylic acids is 1. The van der Waals surface area contributed by atoms with Crippen LogP contribution in [0, 0.1) is 5.92 Å². The largest absolute Gasteiger partial charge is 0.478 e. The summed E-state index contributed by atoms with van der Waals surface area (Å²) in [6.45, 7) is 6.06. The van der Waals surface area contributed by atoms with Gasteiger partial charge in [0.25, 0.3) is 0 Å². The zero-order valence-electron chi connectivity index (χ0n) is 13.5. The van der Waals surface area contributed by atoms with E-state index in [0.717, 1.165) is 37.7 Å². The van der Waals surface area contributed by atoms with Gasteiger partial charge in [0.05, 0.1) is 6.10 Å². The monoisotopic (exact) mass is 298 g/mol. The van der Waals surface area contributed by atoms with E-state index in [0.29, 0.717) is 12.3 Å². The molecule has 21 heavy (non-hydrogen) atoms. The van der Waals surface area contributed by atoms with E-state index in [9.17, 15) is 9.90 Å². The smallest absolute Gasteiger partial charge is 0.328 e. The van der Waals surface area contributed by atoms with Gasteiger partial charge in [-0.1, -0.05) is 37.8 Å². The minimum Gasteiger partial charge on any atom is -0.478 e. The van der Waals surface area contributed by atoms with Crippen molar-refractivity contribution in [3.8, 4) is 0 Å². The minimum absolute atomic E-state index is 0.0464. The third-order valence-electron chi connectivity index (χ3n) is 3.44. The zero-order valence-corrected chi connectivity index (χ0v) is 13.5. The van der Waals surface area contributed by atoms with Crippen LogP contribution in [0.15, 0.2) is 23.3 Å². The van der Waals surface area contributed by atoms with E-state index in [1.807, 2.05) is 13.0 Å². The van der Waals surface area contributed by atoms with Crippen molar-refractivity contribution in [3.63, 3.8) is 0 Å². The second kappa shape index (κ2) is 11.5. The predicted molar refractivity (Wildman–Crippen MR) is 85.1 cm³/mol. The summed E-state index contributed by atoms with van der Waals surface area (Å²) in [5.74, 6) is -0.361. The Hall–Kier alpha value is -1.13. The van der Waals surface area contributed by atoms with Crippen LogP contribution in [-0.4, -0.2) is 34.0 Å². The number of allylic oxidation sites excluding steroid dienone is 3. The number of aliphatic hydroxyl groups is 2. The molecule has 0 radical (unpaired) electrons. The van der Waals surface area contributed by atoms with Crippen LogP contribution >= 0.6 is 0 Å². The molecule has 4 heteroatoms. The summed E-state index contributed by atoms with van der Waals surface area (Å²) in [6, 6.07) is 0. The number of carbonyl (C=O) groups is 1. The maximum absolute atomic E-state index is 10.5. The van der Waals surface area contributed by atoms with Crippen LogP contribution in [0.5, 0.6) is 0 Å². The quantitative estimate of drug-likeness (QED) is 0.311. The van der Waals surface area contributed by atoms with Crippen molar-refractivity contribution in [2.45, 2.75) is 65.4 Å². The summed E-state index contributed by atoms with van der Waals surface area (Å²) >= 11 is 0. The van der Waals surface area contributed by atoms with Crippen LogP contribution in [0.2, 0.25) is 0 Å². The highest BCUT2D eigenvalue weighted by Gasteiger charge is 2.06. The zero-order chi connectivity index (χ0) is 16.3. The van der Waals surface area contributed by atoms with Crippen molar-refractivity contribution in [3.05, 3.63) is 23.3 Å². The lowest BCUT2D eigenvalue weighted by molar-refractivity contribution is -0.131. The maximum Gasteiger partial charge on any atom is 0.328 e. The molecule has 0 saturated heterocycles.